The van der Waals surface area contributed by atoms with Crippen molar-refractivity contribution < 1.29 is 30.0 Å². The molecule has 1 aromatic heterocycles. The minimum atomic E-state index is -1.20. The van der Waals surface area contributed by atoms with E-state index in [1.165, 1.54) is 36.5 Å². The molecular weight excluding hydrogens is 372 g/mol. The van der Waals surface area contributed by atoms with Gasteiger partial charge < -0.3 is 20.6 Å². The van der Waals surface area contributed by atoms with Gasteiger partial charge in [-0.25, -0.2) is 19.7 Å². The molecule has 140 valence electrons. The summed E-state index contributed by atoms with van der Waals surface area (Å²) in [6, 6.07) is 6.31. The van der Waals surface area contributed by atoms with Gasteiger partial charge in [0.15, 0.2) is 0 Å². The van der Waals surface area contributed by atoms with Gasteiger partial charge in [-0.1, -0.05) is 15.3 Å². The summed E-state index contributed by atoms with van der Waals surface area (Å²) in [7, 11) is 0. The molecule has 12 heteroatoms. The molecule has 1 aromatic carbocycles. The summed E-state index contributed by atoms with van der Waals surface area (Å²) in [6.45, 7) is 0. The number of nitrogens with zero attached hydrogens (tertiary/aromatic N) is 4. The fraction of sp³-hybridized carbons (Fsp3) is 0. The number of aromatic nitrogens is 1. The third kappa shape index (κ3) is 2.74. The van der Waals surface area contributed by atoms with Crippen LogP contribution < -0.4 is 20.8 Å². The van der Waals surface area contributed by atoms with E-state index in [-0.39, 0.29) is 44.8 Å². The van der Waals surface area contributed by atoms with E-state index in [0.717, 1.165) is 0 Å². The van der Waals surface area contributed by atoms with Crippen molar-refractivity contribution in [3.63, 3.8) is 0 Å². The summed E-state index contributed by atoms with van der Waals surface area (Å²) in [5, 5.41) is 53.5. The monoisotopic (exact) mass is 382 g/mol. The summed E-state index contributed by atoms with van der Waals surface area (Å²) in [4.78, 5) is 26.2. The van der Waals surface area contributed by atoms with Gasteiger partial charge in [0.2, 0.25) is 0 Å². The molecule has 0 spiro atoms. The van der Waals surface area contributed by atoms with Crippen LogP contribution in [-0.2, 0) is 0 Å². The van der Waals surface area contributed by atoms with Crippen LogP contribution in [0.1, 0.15) is 26.4 Å². The van der Waals surface area contributed by atoms with Crippen LogP contribution in [0.2, 0.25) is 0 Å². The molecule has 3 heterocycles. The van der Waals surface area contributed by atoms with Crippen LogP contribution in [0.25, 0.3) is 5.70 Å². The number of benzene rings is 1. The lowest BCUT2D eigenvalue weighted by atomic mass is 10.1. The second kappa shape index (κ2) is 6.40. The smallest absolute Gasteiger partial charge is 0.335 e. The average molecular weight is 382 g/mol. The first-order valence-electron chi connectivity index (χ1n) is 7.78. The van der Waals surface area contributed by atoms with Crippen molar-refractivity contribution in [2.45, 2.75) is 0 Å². The highest BCUT2D eigenvalue weighted by Crippen LogP contribution is 2.05. The zero-order valence-electron chi connectivity index (χ0n) is 13.8. The van der Waals surface area contributed by atoms with Crippen molar-refractivity contribution in [1.82, 2.24) is 4.98 Å². The van der Waals surface area contributed by atoms with Gasteiger partial charge >= 0.3 is 17.8 Å². The largest absolute Gasteiger partial charge is 0.621 e. The van der Waals surface area contributed by atoms with E-state index < -0.39 is 22.2 Å². The van der Waals surface area contributed by atoms with E-state index in [2.05, 4.69) is 20.3 Å². The maximum Gasteiger partial charge on any atom is 0.335 e. The Morgan fingerprint density at radius 2 is 1.61 bits per heavy atom. The van der Waals surface area contributed by atoms with Gasteiger partial charge in [0.1, 0.15) is 11.1 Å². The molecule has 0 amide bonds. The van der Waals surface area contributed by atoms with Crippen molar-refractivity contribution in [2.24, 2.45) is 15.3 Å². The minimum absolute atomic E-state index is 0.00820. The van der Waals surface area contributed by atoms with Crippen molar-refractivity contribution in [2.75, 3.05) is 0 Å². The minimum Gasteiger partial charge on any atom is -0.621 e. The van der Waals surface area contributed by atoms with Crippen molar-refractivity contribution in [3.8, 4) is 0 Å². The number of carbonyl (C=O) groups is 2. The Labute approximate surface area is 154 Å². The van der Waals surface area contributed by atoms with E-state index in [9.17, 15) is 20.0 Å². The molecule has 0 aliphatic carbocycles. The topological polar surface area (TPSA) is 180 Å². The SMILES string of the molecule is O=C(O)c1ccnc(C2=NN=C(C3=c4cc(C(=O)O)ccc4=N[NH+]3[O-])[NH+]2[O-])c1. The standard InChI is InChI=1S/C16H10N6O6/c23-15(24)7-1-2-10-9(5-7)12(22(28)20-10)14-19-18-13(21(14)27)11-6-8(16(25)26)3-4-17-11/h1-6,21-22H,(H,23,24)(H,25,26). The fourth-order valence-electron chi connectivity index (χ4n) is 2.80. The van der Waals surface area contributed by atoms with Crippen LogP contribution in [0.5, 0.6) is 0 Å². The van der Waals surface area contributed by atoms with Gasteiger partial charge in [0.25, 0.3) is 11.5 Å². The molecule has 4 rings (SSSR count). The number of pyridine rings is 1. The Morgan fingerprint density at radius 1 is 0.929 bits per heavy atom. The van der Waals surface area contributed by atoms with Crippen LogP contribution in [0.3, 0.4) is 0 Å². The second-order valence-electron chi connectivity index (χ2n) is 5.79. The van der Waals surface area contributed by atoms with Gasteiger partial charge in [-0.2, -0.15) is 0 Å². The molecule has 0 radical (unpaired) electrons. The fourth-order valence-corrected chi connectivity index (χ4v) is 2.80. The van der Waals surface area contributed by atoms with Crippen molar-refractivity contribution in [1.29, 1.82) is 0 Å². The number of hydroxylamine groups is 3. The van der Waals surface area contributed by atoms with E-state index in [1.54, 1.807) is 0 Å². The third-order valence-electron chi connectivity index (χ3n) is 4.12. The average Bonchev–Trinajstić information content (AvgIpc) is 3.19. The van der Waals surface area contributed by atoms with Gasteiger partial charge in [-0.15, -0.1) is 0 Å². The maximum atomic E-state index is 12.8. The molecule has 0 fully saturated rings. The van der Waals surface area contributed by atoms with Gasteiger partial charge in [-0.3, -0.25) is 5.06 Å². The highest BCUT2D eigenvalue weighted by Gasteiger charge is 2.35. The van der Waals surface area contributed by atoms with Crippen LogP contribution in [0.15, 0.2) is 51.8 Å². The first kappa shape index (κ1) is 17.6. The summed E-state index contributed by atoms with van der Waals surface area (Å²) in [6.07, 6.45) is 1.21. The molecule has 2 aromatic rings. The molecular formula is C16H10N6O6. The Morgan fingerprint density at radius 3 is 2.32 bits per heavy atom. The summed E-state index contributed by atoms with van der Waals surface area (Å²) < 4.78 is 0. The number of hydrogen-bond acceptors (Lipinski definition) is 8. The van der Waals surface area contributed by atoms with E-state index in [0.29, 0.717) is 0 Å². The van der Waals surface area contributed by atoms with E-state index in [1.807, 2.05) is 0 Å². The lowest BCUT2D eigenvalue weighted by Crippen LogP contribution is -3.16. The third-order valence-corrected chi connectivity index (χ3v) is 4.12. The number of quaternary nitrogens is 2. The molecule has 2 unspecified atom stereocenters. The van der Waals surface area contributed by atoms with Gasteiger partial charge in [0, 0.05) is 6.20 Å². The quantitative estimate of drug-likeness (QED) is 0.399. The number of carboxylic acids is 2. The van der Waals surface area contributed by atoms with Crippen LogP contribution in [-0.4, -0.2) is 38.8 Å². The van der Waals surface area contributed by atoms with Crippen LogP contribution in [0.4, 0.5) is 0 Å². The van der Waals surface area contributed by atoms with Gasteiger partial charge in [0.05, 0.1) is 16.3 Å². The number of carboxylic acid groups (broad SMARTS) is 2. The summed E-state index contributed by atoms with van der Waals surface area (Å²) >= 11 is 0. The predicted molar refractivity (Wildman–Crippen MR) is 91.4 cm³/mol. The molecule has 2 aliphatic heterocycles. The molecule has 0 bridgehead atoms. The van der Waals surface area contributed by atoms with Crippen LogP contribution in [0, 0.1) is 10.4 Å². The Bertz CT molecular complexity index is 1220. The second-order valence-corrected chi connectivity index (χ2v) is 5.79. The van der Waals surface area contributed by atoms with E-state index in [4.69, 9.17) is 10.2 Å². The predicted octanol–water partition coefficient (Wildman–Crippen LogP) is -3.33. The summed E-state index contributed by atoms with van der Waals surface area (Å²) in [5.74, 6) is -2.92. The normalized spacial score (nSPS) is 20.3. The zero-order valence-corrected chi connectivity index (χ0v) is 13.8. The Hall–Kier alpha value is -3.84. The maximum absolute atomic E-state index is 12.8. The van der Waals surface area contributed by atoms with Crippen molar-refractivity contribution >= 4 is 29.3 Å². The first-order chi connectivity index (χ1) is 13.4. The number of rotatable bonds is 4. The molecule has 2 atom stereocenters. The number of fused-ring (bicyclic) bond motifs is 1. The number of amidine groups is 2. The first-order valence-corrected chi connectivity index (χ1v) is 7.78. The number of hydrogen-bond donors (Lipinski definition) is 4. The number of nitrogens with one attached hydrogen (secondary N) is 2. The lowest BCUT2D eigenvalue weighted by molar-refractivity contribution is -0.780. The van der Waals surface area contributed by atoms with Crippen LogP contribution >= 0.6 is 0 Å². The van der Waals surface area contributed by atoms with E-state index >= 15 is 0 Å². The highest BCUT2D eigenvalue weighted by molar-refractivity contribution is 6.15. The molecule has 4 N–H and O–H groups in total. The summed E-state index contributed by atoms with van der Waals surface area (Å²) in [5.41, 5.74) is -0.337. The molecule has 2 aliphatic rings. The lowest BCUT2D eigenvalue weighted by Gasteiger charge is -2.20. The van der Waals surface area contributed by atoms with Crippen molar-refractivity contribution in [3.05, 3.63) is 74.3 Å². The Balaban J connectivity index is 1.76. The number of aromatic carboxylic acids is 2. The zero-order chi connectivity index (χ0) is 20.0. The highest BCUT2D eigenvalue weighted by atomic mass is 16.5. The molecule has 28 heavy (non-hydrogen) atoms. The molecule has 0 saturated heterocycles. The Kier molecular flexibility index (Phi) is 4.01. The molecule has 12 nitrogen and oxygen atoms in total. The van der Waals surface area contributed by atoms with Gasteiger partial charge in [-0.05, 0) is 30.3 Å². The molecule has 0 saturated carbocycles.